The number of hydrogen-bond donors (Lipinski definition) is 0. The summed E-state index contributed by atoms with van der Waals surface area (Å²) in [7, 11) is 1.41. The maximum atomic E-state index is 11.5. The van der Waals surface area contributed by atoms with Gasteiger partial charge in [0.1, 0.15) is 13.2 Å². The minimum Gasteiger partial charge on any atom is -0.462 e. The smallest absolute Gasteiger partial charge is 0.309 e. The van der Waals surface area contributed by atoms with Crippen molar-refractivity contribution in [3.8, 4) is 6.26 Å². The molecule has 0 aliphatic carbocycles. The number of esters is 1. The van der Waals surface area contributed by atoms with Crippen LogP contribution in [0.2, 0.25) is 0 Å². The maximum absolute atomic E-state index is 11.5. The molecule has 0 rings (SSSR count). The number of nitrogens with zero attached hydrogens (tertiary/aromatic N) is 1. The standard InChI is InChI=1S/C11H19NO5S2/c1-10(11(13)17-5-4-16-9-12)8-18-6-3-7-19(14)15-2/h10H,3-8H2,1-2H3. The van der Waals surface area contributed by atoms with Gasteiger partial charge in [-0.25, -0.2) is 4.21 Å². The van der Waals surface area contributed by atoms with Gasteiger partial charge in [0, 0.05) is 5.75 Å². The van der Waals surface area contributed by atoms with Crippen molar-refractivity contribution >= 4 is 28.8 Å². The number of nitriles is 1. The van der Waals surface area contributed by atoms with Crippen LogP contribution >= 0.6 is 11.8 Å². The molecule has 8 heteroatoms. The second kappa shape index (κ2) is 12.3. The highest BCUT2D eigenvalue weighted by atomic mass is 32.2. The molecule has 0 aromatic rings. The monoisotopic (exact) mass is 309 g/mol. The van der Waals surface area contributed by atoms with Gasteiger partial charge in [0.15, 0.2) is 11.1 Å². The summed E-state index contributed by atoms with van der Waals surface area (Å²) in [5.41, 5.74) is 0. The molecule has 0 heterocycles. The third-order valence-corrected chi connectivity index (χ3v) is 4.36. The van der Waals surface area contributed by atoms with Gasteiger partial charge in [0.05, 0.1) is 18.8 Å². The van der Waals surface area contributed by atoms with Crippen LogP contribution in [0.15, 0.2) is 0 Å². The molecule has 0 fully saturated rings. The van der Waals surface area contributed by atoms with Crippen molar-refractivity contribution in [3.05, 3.63) is 0 Å². The van der Waals surface area contributed by atoms with Crippen LogP contribution in [-0.4, -0.2) is 47.8 Å². The second-order valence-corrected chi connectivity index (χ2v) is 6.11. The fourth-order valence-corrected chi connectivity index (χ4v) is 2.80. The van der Waals surface area contributed by atoms with Crippen molar-refractivity contribution in [2.45, 2.75) is 13.3 Å². The molecule has 0 amide bonds. The van der Waals surface area contributed by atoms with Gasteiger partial charge in [-0.05, 0) is 12.2 Å². The number of carbonyl (C=O) groups excluding carboxylic acids is 1. The first-order valence-electron chi connectivity index (χ1n) is 5.80. The summed E-state index contributed by atoms with van der Waals surface area (Å²) in [6.45, 7) is 1.97. The van der Waals surface area contributed by atoms with Crippen LogP contribution in [0.5, 0.6) is 0 Å². The van der Waals surface area contributed by atoms with Gasteiger partial charge < -0.3 is 9.47 Å². The molecule has 110 valence electrons. The summed E-state index contributed by atoms with van der Waals surface area (Å²) in [5.74, 6) is 1.48. The molecule has 0 bridgehead atoms. The first kappa shape index (κ1) is 18.2. The fourth-order valence-electron chi connectivity index (χ4n) is 1.06. The molecule has 0 saturated heterocycles. The summed E-state index contributed by atoms with van der Waals surface area (Å²) in [6, 6.07) is 0. The highest BCUT2D eigenvalue weighted by Crippen LogP contribution is 2.11. The number of hydrogen-bond acceptors (Lipinski definition) is 7. The van der Waals surface area contributed by atoms with Crippen LogP contribution in [0.1, 0.15) is 13.3 Å². The lowest BCUT2D eigenvalue weighted by Crippen LogP contribution is -2.19. The normalized spacial score (nSPS) is 13.3. The Labute approximate surface area is 120 Å². The van der Waals surface area contributed by atoms with Gasteiger partial charge in [-0.1, -0.05) is 6.92 Å². The van der Waals surface area contributed by atoms with Gasteiger partial charge in [-0.2, -0.15) is 17.0 Å². The highest BCUT2D eigenvalue weighted by Gasteiger charge is 2.14. The van der Waals surface area contributed by atoms with E-state index in [1.807, 2.05) is 0 Å². The van der Waals surface area contributed by atoms with Crippen LogP contribution in [0.25, 0.3) is 0 Å². The zero-order valence-corrected chi connectivity index (χ0v) is 12.8. The Kier molecular flexibility index (Phi) is 11.8. The van der Waals surface area contributed by atoms with Crippen LogP contribution in [-0.2, 0) is 29.5 Å². The van der Waals surface area contributed by atoms with E-state index in [1.165, 1.54) is 13.4 Å². The summed E-state index contributed by atoms with van der Waals surface area (Å²) >= 11 is 0.410. The minimum absolute atomic E-state index is 0.0882. The molecule has 0 N–H and O–H groups in total. The van der Waals surface area contributed by atoms with E-state index in [9.17, 15) is 9.00 Å². The number of carbonyl (C=O) groups is 1. The minimum atomic E-state index is -1.20. The Hall–Kier alpha value is -0.780. The summed E-state index contributed by atoms with van der Waals surface area (Å²) in [5, 5.41) is 8.12. The van der Waals surface area contributed by atoms with E-state index >= 15 is 0 Å². The molecule has 0 saturated carbocycles. The predicted molar refractivity (Wildman–Crippen MR) is 73.6 cm³/mol. The first-order chi connectivity index (χ1) is 9.11. The molecule has 2 unspecified atom stereocenters. The van der Waals surface area contributed by atoms with Crippen molar-refractivity contribution < 1.29 is 22.7 Å². The highest BCUT2D eigenvalue weighted by molar-refractivity contribution is 7.99. The molecule has 0 radical (unpaired) electrons. The number of thioether (sulfide) groups is 1. The average Bonchev–Trinajstić information content (AvgIpc) is 2.42. The second-order valence-electron chi connectivity index (χ2n) is 3.61. The van der Waals surface area contributed by atoms with E-state index < -0.39 is 11.1 Å². The van der Waals surface area contributed by atoms with Crippen molar-refractivity contribution in [3.63, 3.8) is 0 Å². The van der Waals surface area contributed by atoms with E-state index in [1.54, 1.807) is 18.7 Å². The van der Waals surface area contributed by atoms with Crippen molar-refractivity contribution in [1.82, 2.24) is 0 Å². The molecule has 0 spiro atoms. The van der Waals surface area contributed by atoms with Crippen molar-refractivity contribution in [2.24, 2.45) is 5.92 Å². The van der Waals surface area contributed by atoms with Gasteiger partial charge in [0.25, 0.3) is 6.26 Å². The molecule has 6 nitrogen and oxygen atoms in total. The Morgan fingerprint density at radius 2 is 2.21 bits per heavy atom. The van der Waals surface area contributed by atoms with Crippen molar-refractivity contribution in [2.75, 3.05) is 37.6 Å². The van der Waals surface area contributed by atoms with Gasteiger partial charge >= 0.3 is 5.97 Å². The Bertz CT molecular complexity index is 319. The largest absolute Gasteiger partial charge is 0.462 e. The third-order valence-electron chi connectivity index (χ3n) is 2.05. The Morgan fingerprint density at radius 1 is 1.47 bits per heavy atom. The summed E-state index contributed by atoms with van der Waals surface area (Å²) < 4.78 is 24.9. The number of ether oxygens (including phenoxy) is 2. The van der Waals surface area contributed by atoms with Crippen LogP contribution < -0.4 is 0 Å². The molecular formula is C11H19NO5S2. The molecule has 0 aromatic carbocycles. The Morgan fingerprint density at radius 3 is 2.84 bits per heavy atom. The summed E-state index contributed by atoms with van der Waals surface area (Å²) in [6.07, 6.45) is 2.28. The van der Waals surface area contributed by atoms with E-state index in [2.05, 4.69) is 8.92 Å². The van der Waals surface area contributed by atoms with Crippen molar-refractivity contribution in [1.29, 1.82) is 5.26 Å². The number of rotatable bonds is 11. The van der Waals surface area contributed by atoms with Crippen LogP contribution in [0, 0.1) is 17.4 Å². The first-order valence-corrected chi connectivity index (χ1v) is 8.19. The van der Waals surface area contributed by atoms with E-state index in [4.69, 9.17) is 10.00 Å². The van der Waals surface area contributed by atoms with E-state index in [-0.39, 0.29) is 25.1 Å². The molecule has 0 aliphatic rings. The van der Waals surface area contributed by atoms with Gasteiger partial charge in [-0.15, -0.1) is 0 Å². The van der Waals surface area contributed by atoms with Crippen LogP contribution in [0.3, 0.4) is 0 Å². The topological polar surface area (TPSA) is 85.6 Å². The lowest BCUT2D eigenvalue weighted by atomic mass is 10.2. The maximum Gasteiger partial charge on any atom is 0.309 e. The molecule has 2 atom stereocenters. The Balaban J connectivity index is 3.51. The van der Waals surface area contributed by atoms with Crippen LogP contribution in [0.4, 0.5) is 0 Å². The summed E-state index contributed by atoms with van der Waals surface area (Å²) in [4.78, 5) is 11.5. The van der Waals surface area contributed by atoms with E-state index in [0.717, 1.165) is 12.2 Å². The molecule has 19 heavy (non-hydrogen) atoms. The molecular weight excluding hydrogens is 290 g/mol. The zero-order chi connectivity index (χ0) is 14.5. The lowest BCUT2D eigenvalue weighted by molar-refractivity contribution is -0.148. The lowest BCUT2D eigenvalue weighted by Gasteiger charge is -2.10. The van der Waals surface area contributed by atoms with Gasteiger partial charge in [-0.3, -0.25) is 8.98 Å². The fraction of sp³-hybridized carbons (Fsp3) is 0.818. The SMILES string of the molecule is COS(=O)CCCSCC(C)C(=O)OCCOC#N. The molecule has 0 aromatic heterocycles. The van der Waals surface area contributed by atoms with E-state index in [0.29, 0.717) is 11.5 Å². The predicted octanol–water partition coefficient (Wildman–Crippen LogP) is 1.10. The molecule has 0 aliphatic heterocycles. The third kappa shape index (κ3) is 10.8. The average molecular weight is 309 g/mol. The van der Waals surface area contributed by atoms with Gasteiger partial charge in [0.2, 0.25) is 0 Å². The zero-order valence-electron chi connectivity index (χ0n) is 11.1. The quantitative estimate of drug-likeness (QED) is 0.321.